The molecule has 3 aromatic rings. The number of furan rings is 1. The number of nitriles is 1. The molecule has 0 saturated heterocycles. The minimum atomic E-state index is -0.434. The van der Waals surface area contributed by atoms with E-state index in [1.54, 1.807) is 19.9 Å². The first-order valence-corrected chi connectivity index (χ1v) is 9.11. The van der Waals surface area contributed by atoms with Crippen molar-refractivity contribution < 1.29 is 9.15 Å². The van der Waals surface area contributed by atoms with Gasteiger partial charge in [-0.3, -0.25) is 4.79 Å². The number of rotatable bonds is 1. The van der Waals surface area contributed by atoms with Gasteiger partial charge in [-0.25, -0.2) is 0 Å². The smallest absolute Gasteiger partial charge is 0.205 e. The van der Waals surface area contributed by atoms with Crippen LogP contribution in [0.1, 0.15) is 28.6 Å². The van der Waals surface area contributed by atoms with Gasteiger partial charge in [0, 0.05) is 10.0 Å². The highest BCUT2D eigenvalue weighted by atomic mass is 79.9. The zero-order valence-electron chi connectivity index (χ0n) is 14.7. The molecule has 0 spiro atoms. The average Bonchev–Trinajstić information content (AvgIpc) is 2.85. The third-order valence-electron chi connectivity index (χ3n) is 4.81. The van der Waals surface area contributed by atoms with Crippen molar-refractivity contribution >= 4 is 26.7 Å². The van der Waals surface area contributed by atoms with E-state index in [1.807, 2.05) is 24.3 Å². The van der Waals surface area contributed by atoms with Gasteiger partial charge < -0.3 is 14.9 Å². The number of hydrogen-bond acceptors (Lipinski definition) is 5. The van der Waals surface area contributed by atoms with Crippen molar-refractivity contribution in [2.45, 2.75) is 19.8 Å². The summed E-state index contributed by atoms with van der Waals surface area (Å²) in [5.41, 5.74) is 7.85. The van der Waals surface area contributed by atoms with Crippen LogP contribution in [0.5, 0.6) is 5.75 Å². The molecule has 0 amide bonds. The first-order valence-electron chi connectivity index (χ1n) is 8.32. The van der Waals surface area contributed by atoms with E-state index in [9.17, 15) is 10.1 Å². The Hall–Kier alpha value is -3.04. The van der Waals surface area contributed by atoms with Crippen molar-refractivity contribution in [1.82, 2.24) is 0 Å². The monoisotopic (exact) mass is 422 g/mol. The number of nitrogens with two attached hydrogens (primary N) is 1. The molecule has 134 valence electrons. The normalized spacial score (nSPS) is 16.0. The van der Waals surface area contributed by atoms with Gasteiger partial charge in [-0.15, -0.1) is 0 Å². The molecule has 5 nitrogen and oxygen atoms in total. The van der Waals surface area contributed by atoms with E-state index < -0.39 is 5.92 Å². The predicted molar refractivity (Wildman–Crippen MR) is 105 cm³/mol. The molecule has 0 saturated carbocycles. The quantitative estimate of drug-likeness (QED) is 0.627. The van der Waals surface area contributed by atoms with Crippen molar-refractivity contribution in [2.75, 3.05) is 0 Å². The van der Waals surface area contributed by atoms with Gasteiger partial charge in [-0.05, 0) is 37.6 Å². The maximum absolute atomic E-state index is 12.7. The van der Waals surface area contributed by atoms with Crippen molar-refractivity contribution in [1.29, 1.82) is 5.26 Å². The van der Waals surface area contributed by atoms with Gasteiger partial charge in [0.1, 0.15) is 28.9 Å². The van der Waals surface area contributed by atoms with E-state index in [4.69, 9.17) is 14.9 Å². The van der Waals surface area contributed by atoms with Gasteiger partial charge in [-0.2, -0.15) is 5.26 Å². The molecule has 1 atom stereocenters. The van der Waals surface area contributed by atoms with Crippen molar-refractivity contribution in [3.05, 3.63) is 85.2 Å². The Morgan fingerprint density at radius 1 is 1.07 bits per heavy atom. The molecule has 2 aromatic carbocycles. The number of nitrogens with zero attached hydrogens (tertiary/aromatic N) is 1. The molecule has 2 N–H and O–H groups in total. The number of fused-ring (bicyclic) bond motifs is 3. The topological polar surface area (TPSA) is 89.2 Å². The minimum Gasteiger partial charge on any atom is -0.465 e. The lowest BCUT2D eigenvalue weighted by Gasteiger charge is -2.26. The predicted octanol–water partition coefficient (Wildman–Crippen LogP) is 4.39. The molecular weight excluding hydrogens is 408 g/mol. The van der Waals surface area contributed by atoms with Crippen LogP contribution in [-0.4, -0.2) is 0 Å². The van der Waals surface area contributed by atoms with E-state index in [1.165, 1.54) is 6.07 Å². The molecule has 1 aliphatic heterocycles. The molecule has 0 radical (unpaired) electrons. The fourth-order valence-electron chi connectivity index (χ4n) is 3.64. The lowest BCUT2D eigenvalue weighted by molar-refractivity contribution is 0.398. The van der Waals surface area contributed by atoms with Crippen LogP contribution in [0.3, 0.4) is 0 Å². The van der Waals surface area contributed by atoms with Gasteiger partial charge in [0.05, 0.1) is 16.7 Å². The fraction of sp³-hybridized carbons (Fsp3) is 0.143. The summed E-state index contributed by atoms with van der Waals surface area (Å²) >= 11 is 3.43. The summed E-state index contributed by atoms with van der Waals surface area (Å²) in [7, 11) is 0. The lowest BCUT2D eigenvalue weighted by atomic mass is 9.84. The minimum absolute atomic E-state index is 0.0381. The molecule has 1 unspecified atom stereocenters. The van der Waals surface area contributed by atoms with Gasteiger partial charge in [0.2, 0.25) is 5.88 Å². The standard InChI is InChI=1S/C21H15BrN2O3/c1-10-17-16(25)8-7-14-19(12-3-5-13(22)6-4-12)15(9-23)21(24)27-20(14)18(17)11(2)26-10/h3-8,19H,24H2,1-2H3. The molecule has 2 heterocycles. The van der Waals surface area contributed by atoms with Crippen LogP contribution in [0, 0.1) is 25.2 Å². The zero-order chi connectivity index (χ0) is 19.3. The summed E-state index contributed by atoms with van der Waals surface area (Å²) in [6.07, 6.45) is 0. The Balaban J connectivity index is 2.13. The van der Waals surface area contributed by atoms with Crippen LogP contribution in [0.4, 0.5) is 0 Å². The molecule has 27 heavy (non-hydrogen) atoms. The third kappa shape index (κ3) is 2.63. The Bertz CT molecular complexity index is 1220. The molecule has 1 aromatic heterocycles. The summed E-state index contributed by atoms with van der Waals surface area (Å²) in [5.74, 6) is 1.18. The highest BCUT2D eigenvalue weighted by molar-refractivity contribution is 9.10. The van der Waals surface area contributed by atoms with E-state index in [0.717, 1.165) is 10.0 Å². The van der Waals surface area contributed by atoms with Crippen LogP contribution in [0.2, 0.25) is 0 Å². The molecule has 1 aliphatic rings. The molecule has 4 rings (SSSR count). The van der Waals surface area contributed by atoms with Crippen LogP contribution in [-0.2, 0) is 0 Å². The number of halogens is 1. The second-order valence-electron chi connectivity index (χ2n) is 6.42. The maximum atomic E-state index is 12.7. The van der Waals surface area contributed by atoms with Crippen LogP contribution < -0.4 is 15.9 Å². The Morgan fingerprint density at radius 2 is 1.74 bits per heavy atom. The number of ether oxygens (including phenoxy) is 1. The first-order chi connectivity index (χ1) is 12.9. The zero-order valence-corrected chi connectivity index (χ0v) is 16.3. The molecule has 0 aliphatic carbocycles. The second kappa shape index (κ2) is 6.29. The average molecular weight is 423 g/mol. The SMILES string of the molecule is Cc1oc(C)c2c(=O)ccc3c(c12)OC(N)=C(C#N)C3c1ccc(Br)cc1. The first kappa shape index (κ1) is 17.4. The van der Waals surface area contributed by atoms with Crippen LogP contribution in [0.25, 0.3) is 10.8 Å². The summed E-state index contributed by atoms with van der Waals surface area (Å²) in [4.78, 5) is 12.7. The highest BCUT2D eigenvalue weighted by Gasteiger charge is 2.32. The Morgan fingerprint density at radius 3 is 2.41 bits per heavy atom. The van der Waals surface area contributed by atoms with Gasteiger partial charge in [0.25, 0.3) is 0 Å². The van der Waals surface area contributed by atoms with Crippen molar-refractivity contribution in [2.24, 2.45) is 5.73 Å². The summed E-state index contributed by atoms with van der Waals surface area (Å²) in [6.45, 7) is 3.53. The molecular formula is C21H15BrN2O3. The third-order valence-corrected chi connectivity index (χ3v) is 5.34. The highest BCUT2D eigenvalue weighted by Crippen LogP contribution is 2.45. The van der Waals surface area contributed by atoms with Crippen LogP contribution >= 0.6 is 15.9 Å². The van der Waals surface area contributed by atoms with Crippen LogP contribution in [0.15, 0.2) is 61.5 Å². The van der Waals surface area contributed by atoms with E-state index in [0.29, 0.717) is 39.2 Å². The molecule has 0 fully saturated rings. The Labute approximate surface area is 163 Å². The largest absolute Gasteiger partial charge is 0.465 e. The number of hydrogen-bond donors (Lipinski definition) is 1. The van der Waals surface area contributed by atoms with Crippen molar-refractivity contribution in [3.63, 3.8) is 0 Å². The Kier molecular flexibility index (Phi) is 4.05. The van der Waals surface area contributed by atoms with Gasteiger partial charge in [0.15, 0.2) is 5.43 Å². The number of aryl methyl sites for hydroxylation is 2. The fourth-order valence-corrected chi connectivity index (χ4v) is 3.91. The van der Waals surface area contributed by atoms with E-state index in [2.05, 4.69) is 22.0 Å². The van der Waals surface area contributed by atoms with E-state index >= 15 is 0 Å². The second-order valence-corrected chi connectivity index (χ2v) is 7.34. The number of allylic oxidation sites excluding steroid dienone is 1. The lowest BCUT2D eigenvalue weighted by Crippen LogP contribution is -2.20. The summed E-state index contributed by atoms with van der Waals surface area (Å²) in [5, 5.41) is 10.8. The summed E-state index contributed by atoms with van der Waals surface area (Å²) < 4.78 is 12.5. The van der Waals surface area contributed by atoms with Crippen molar-refractivity contribution in [3.8, 4) is 11.8 Å². The van der Waals surface area contributed by atoms with Gasteiger partial charge >= 0.3 is 0 Å². The van der Waals surface area contributed by atoms with Gasteiger partial charge in [-0.1, -0.05) is 34.1 Å². The molecule has 0 bridgehead atoms. The van der Waals surface area contributed by atoms with E-state index in [-0.39, 0.29) is 11.3 Å². The number of benzene rings is 1. The molecule has 6 heteroatoms. The summed E-state index contributed by atoms with van der Waals surface area (Å²) in [6, 6.07) is 13.0. The maximum Gasteiger partial charge on any atom is 0.205 e.